The van der Waals surface area contributed by atoms with E-state index in [0.29, 0.717) is 0 Å². The SMILES string of the molecule is CC(O)CNc1ncccc1S(C)(=O)=O. The second-order valence-electron chi connectivity index (χ2n) is 3.35. The zero-order valence-electron chi connectivity index (χ0n) is 8.64. The Morgan fingerprint density at radius 3 is 2.80 bits per heavy atom. The summed E-state index contributed by atoms with van der Waals surface area (Å²) in [4.78, 5) is 4.06. The third-order valence-corrected chi connectivity index (χ3v) is 2.86. The highest BCUT2D eigenvalue weighted by molar-refractivity contribution is 7.90. The van der Waals surface area contributed by atoms with Crippen molar-refractivity contribution in [1.82, 2.24) is 4.98 Å². The van der Waals surface area contributed by atoms with Crippen molar-refractivity contribution in [2.24, 2.45) is 0 Å². The minimum Gasteiger partial charge on any atom is -0.392 e. The first-order valence-corrected chi connectivity index (χ1v) is 6.37. The Kier molecular flexibility index (Phi) is 3.65. The number of rotatable bonds is 4. The minimum atomic E-state index is -3.29. The van der Waals surface area contributed by atoms with Gasteiger partial charge >= 0.3 is 0 Å². The average Bonchev–Trinajstić information content (AvgIpc) is 2.13. The van der Waals surface area contributed by atoms with Crippen LogP contribution in [0.2, 0.25) is 0 Å². The van der Waals surface area contributed by atoms with Crippen LogP contribution < -0.4 is 5.32 Å². The fourth-order valence-corrected chi connectivity index (χ4v) is 1.87. The quantitative estimate of drug-likeness (QED) is 0.776. The fraction of sp³-hybridized carbons (Fsp3) is 0.444. The van der Waals surface area contributed by atoms with Gasteiger partial charge < -0.3 is 10.4 Å². The van der Waals surface area contributed by atoms with Crippen molar-refractivity contribution in [1.29, 1.82) is 0 Å². The van der Waals surface area contributed by atoms with Crippen molar-refractivity contribution >= 4 is 15.7 Å². The van der Waals surface area contributed by atoms with E-state index in [2.05, 4.69) is 10.3 Å². The second-order valence-corrected chi connectivity index (χ2v) is 5.34. The molecule has 1 heterocycles. The van der Waals surface area contributed by atoms with Gasteiger partial charge in [-0.1, -0.05) is 0 Å². The van der Waals surface area contributed by atoms with E-state index in [9.17, 15) is 8.42 Å². The molecule has 0 fully saturated rings. The summed E-state index contributed by atoms with van der Waals surface area (Å²) in [6, 6.07) is 3.04. The number of anilines is 1. The summed E-state index contributed by atoms with van der Waals surface area (Å²) < 4.78 is 22.7. The van der Waals surface area contributed by atoms with E-state index < -0.39 is 15.9 Å². The van der Waals surface area contributed by atoms with Crippen molar-refractivity contribution in [3.63, 3.8) is 0 Å². The second kappa shape index (κ2) is 4.59. The highest BCUT2D eigenvalue weighted by Gasteiger charge is 2.13. The maximum Gasteiger partial charge on any atom is 0.179 e. The maximum absolute atomic E-state index is 11.4. The van der Waals surface area contributed by atoms with Gasteiger partial charge in [0.05, 0.1) is 6.10 Å². The molecule has 6 heteroatoms. The smallest absolute Gasteiger partial charge is 0.179 e. The van der Waals surface area contributed by atoms with Crippen LogP contribution in [0.1, 0.15) is 6.92 Å². The molecule has 1 rings (SSSR count). The lowest BCUT2D eigenvalue weighted by atomic mass is 10.4. The monoisotopic (exact) mass is 230 g/mol. The van der Waals surface area contributed by atoms with Gasteiger partial charge in [0, 0.05) is 19.0 Å². The first kappa shape index (κ1) is 11.9. The highest BCUT2D eigenvalue weighted by Crippen LogP contribution is 2.17. The molecule has 1 aromatic rings. The minimum absolute atomic E-state index is 0.144. The van der Waals surface area contributed by atoms with Gasteiger partial charge in [0.2, 0.25) is 0 Å². The van der Waals surface area contributed by atoms with Crippen LogP contribution in [0.15, 0.2) is 23.2 Å². The fourth-order valence-electron chi connectivity index (χ4n) is 1.07. The first-order valence-electron chi connectivity index (χ1n) is 4.48. The summed E-state index contributed by atoms with van der Waals surface area (Å²) in [5, 5.41) is 11.8. The van der Waals surface area contributed by atoms with Gasteiger partial charge in [-0.15, -0.1) is 0 Å². The van der Waals surface area contributed by atoms with E-state index in [1.807, 2.05) is 0 Å². The van der Waals surface area contributed by atoms with E-state index in [0.717, 1.165) is 6.26 Å². The Balaban J connectivity index is 2.98. The molecule has 1 aromatic heterocycles. The number of nitrogens with zero attached hydrogens (tertiary/aromatic N) is 1. The number of hydrogen-bond donors (Lipinski definition) is 2. The molecule has 0 aliphatic rings. The summed E-state index contributed by atoms with van der Waals surface area (Å²) >= 11 is 0. The number of nitrogens with one attached hydrogen (secondary N) is 1. The molecule has 5 nitrogen and oxygen atoms in total. The molecule has 0 saturated heterocycles. The van der Waals surface area contributed by atoms with Crippen LogP contribution in [0.4, 0.5) is 5.82 Å². The predicted molar refractivity (Wildman–Crippen MR) is 57.5 cm³/mol. The van der Waals surface area contributed by atoms with Crippen LogP contribution in [-0.4, -0.2) is 37.4 Å². The lowest BCUT2D eigenvalue weighted by Gasteiger charge is -2.10. The summed E-state index contributed by atoms with van der Waals surface area (Å²) in [6.45, 7) is 1.87. The first-order chi connectivity index (χ1) is 6.91. The maximum atomic E-state index is 11.4. The average molecular weight is 230 g/mol. The molecule has 0 radical (unpaired) electrons. The standard InChI is InChI=1S/C9H14N2O3S/c1-7(12)6-11-9-8(15(2,13)14)4-3-5-10-9/h3-5,7,12H,6H2,1-2H3,(H,10,11). The van der Waals surface area contributed by atoms with E-state index in [1.54, 1.807) is 13.0 Å². The van der Waals surface area contributed by atoms with Crippen molar-refractivity contribution in [2.45, 2.75) is 17.9 Å². The number of aliphatic hydroxyl groups is 1. The molecule has 0 saturated carbocycles. The number of sulfone groups is 1. The molecular weight excluding hydrogens is 216 g/mol. The molecule has 15 heavy (non-hydrogen) atoms. The summed E-state index contributed by atoms with van der Waals surface area (Å²) in [5.41, 5.74) is 0. The lowest BCUT2D eigenvalue weighted by Crippen LogP contribution is -2.17. The van der Waals surface area contributed by atoms with Crippen molar-refractivity contribution in [3.05, 3.63) is 18.3 Å². The Hall–Kier alpha value is -1.14. The number of aliphatic hydroxyl groups excluding tert-OH is 1. The Bertz CT molecular complexity index is 429. The predicted octanol–water partition coefficient (Wildman–Crippen LogP) is 0.278. The summed E-state index contributed by atoms with van der Waals surface area (Å²) in [5.74, 6) is 0.279. The Morgan fingerprint density at radius 1 is 1.60 bits per heavy atom. The Labute approximate surface area is 89.1 Å². The van der Waals surface area contributed by atoms with E-state index in [-0.39, 0.29) is 17.3 Å². The molecule has 84 valence electrons. The van der Waals surface area contributed by atoms with Crippen LogP contribution in [0.5, 0.6) is 0 Å². The van der Waals surface area contributed by atoms with E-state index in [1.165, 1.54) is 12.3 Å². The molecule has 0 amide bonds. The van der Waals surface area contributed by atoms with Gasteiger partial charge in [-0.3, -0.25) is 0 Å². The van der Waals surface area contributed by atoms with E-state index >= 15 is 0 Å². The molecule has 1 atom stereocenters. The lowest BCUT2D eigenvalue weighted by molar-refractivity contribution is 0.208. The molecular formula is C9H14N2O3S. The third-order valence-electron chi connectivity index (χ3n) is 1.74. The van der Waals surface area contributed by atoms with Crippen LogP contribution >= 0.6 is 0 Å². The van der Waals surface area contributed by atoms with Crippen LogP contribution in [0, 0.1) is 0 Å². The van der Waals surface area contributed by atoms with Crippen LogP contribution in [0.3, 0.4) is 0 Å². The normalized spacial score (nSPS) is 13.5. The zero-order valence-corrected chi connectivity index (χ0v) is 9.45. The zero-order chi connectivity index (χ0) is 11.5. The summed E-state index contributed by atoms with van der Waals surface area (Å²) in [6.07, 6.45) is 2.07. The molecule has 0 bridgehead atoms. The van der Waals surface area contributed by atoms with Gasteiger partial charge in [-0.25, -0.2) is 13.4 Å². The number of pyridine rings is 1. The molecule has 0 spiro atoms. The van der Waals surface area contributed by atoms with Crippen LogP contribution in [-0.2, 0) is 9.84 Å². The van der Waals surface area contributed by atoms with Gasteiger partial charge in [0.25, 0.3) is 0 Å². The van der Waals surface area contributed by atoms with Gasteiger partial charge in [-0.05, 0) is 19.1 Å². The third kappa shape index (κ3) is 3.49. The van der Waals surface area contributed by atoms with Crippen LogP contribution in [0.25, 0.3) is 0 Å². The molecule has 0 aliphatic carbocycles. The van der Waals surface area contributed by atoms with E-state index in [4.69, 9.17) is 5.11 Å². The number of hydrogen-bond acceptors (Lipinski definition) is 5. The Morgan fingerprint density at radius 2 is 2.27 bits per heavy atom. The topological polar surface area (TPSA) is 79.3 Å². The summed E-state index contributed by atoms with van der Waals surface area (Å²) in [7, 11) is -3.29. The van der Waals surface area contributed by atoms with Crippen molar-refractivity contribution in [2.75, 3.05) is 18.1 Å². The molecule has 0 aliphatic heterocycles. The highest BCUT2D eigenvalue weighted by atomic mass is 32.2. The van der Waals surface area contributed by atoms with Crippen molar-refractivity contribution in [3.8, 4) is 0 Å². The molecule has 1 unspecified atom stereocenters. The van der Waals surface area contributed by atoms with Crippen molar-refractivity contribution < 1.29 is 13.5 Å². The van der Waals surface area contributed by atoms with Gasteiger partial charge in [0.15, 0.2) is 9.84 Å². The largest absolute Gasteiger partial charge is 0.392 e. The van der Waals surface area contributed by atoms with Gasteiger partial charge in [-0.2, -0.15) is 0 Å². The number of aromatic nitrogens is 1. The molecule has 2 N–H and O–H groups in total. The van der Waals surface area contributed by atoms with Gasteiger partial charge in [0.1, 0.15) is 10.7 Å². The molecule has 0 aromatic carbocycles.